The Morgan fingerprint density at radius 2 is 1.56 bits per heavy atom. The van der Waals surface area contributed by atoms with E-state index < -0.39 is 0 Å². The van der Waals surface area contributed by atoms with E-state index in [2.05, 4.69) is 44.5 Å². The molecule has 0 aliphatic carbocycles. The molecule has 0 aliphatic heterocycles. The van der Waals surface area contributed by atoms with E-state index in [1.807, 2.05) is 42.5 Å². The van der Waals surface area contributed by atoms with Crippen molar-refractivity contribution in [1.82, 2.24) is 19.9 Å². The molecule has 4 rings (SSSR count). The smallest absolute Gasteiger partial charge is 0.162 e. The van der Waals surface area contributed by atoms with Crippen molar-refractivity contribution < 1.29 is 0 Å². The van der Waals surface area contributed by atoms with Crippen LogP contribution in [0.1, 0.15) is 5.56 Å². The van der Waals surface area contributed by atoms with Crippen LogP contribution in [0.3, 0.4) is 0 Å². The fourth-order valence-corrected chi connectivity index (χ4v) is 2.79. The van der Waals surface area contributed by atoms with Gasteiger partial charge >= 0.3 is 0 Å². The van der Waals surface area contributed by atoms with E-state index >= 15 is 0 Å². The second-order valence-electron chi connectivity index (χ2n) is 6.08. The van der Waals surface area contributed by atoms with Gasteiger partial charge in [0.25, 0.3) is 0 Å². The minimum absolute atomic E-state index is 0.655. The summed E-state index contributed by atoms with van der Waals surface area (Å²) in [4.78, 5) is 17.9. The van der Waals surface area contributed by atoms with Crippen LogP contribution in [-0.2, 0) is 6.42 Å². The summed E-state index contributed by atoms with van der Waals surface area (Å²) in [5.41, 5.74) is 3.83. The summed E-state index contributed by atoms with van der Waals surface area (Å²) < 4.78 is 0. The molecule has 0 radical (unpaired) electrons. The minimum atomic E-state index is 0.655. The molecular formula is C22H19N5. The molecule has 3 heterocycles. The van der Waals surface area contributed by atoms with Crippen molar-refractivity contribution in [2.24, 2.45) is 0 Å². The lowest BCUT2D eigenvalue weighted by atomic mass is 10.1. The first-order valence-corrected chi connectivity index (χ1v) is 8.87. The zero-order valence-corrected chi connectivity index (χ0v) is 14.8. The van der Waals surface area contributed by atoms with Crippen LogP contribution in [-0.4, -0.2) is 26.5 Å². The summed E-state index contributed by atoms with van der Waals surface area (Å²) in [6.07, 6.45) is 6.18. The maximum Gasteiger partial charge on any atom is 0.162 e. The van der Waals surface area contributed by atoms with Gasteiger partial charge in [-0.25, -0.2) is 9.97 Å². The third-order valence-corrected chi connectivity index (χ3v) is 4.15. The molecule has 3 aromatic heterocycles. The second-order valence-corrected chi connectivity index (χ2v) is 6.08. The molecule has 4 aromatic rings. The summed E-state index contributed by atoms with van der Waals surface area (Å²) in [6.45, 7) is 0.790. The summed E-state index contributed by atoms with van der Waals surface area (Å²) in [6, 6.07) is 22.0. The zero-order chi connectivity index (χ0) is 18.3. The Kier molecular flexibility index (Phi) is 5.11. The van der Waals surface area contributed by atoms with E-state index in [0.717, 1.165) is 35.7 Å². The van der Waals surface area contributed by atoms with Gasteiger partial charge in [-0.15, -0.1) is 0 Å². The van der Waals surface area contributed by atoms with Crippen LogP contribution in [0.5, 0.6) is 0 Å². The van der Waals surface area contributed by atoms with Crippen molar-refractivity contribution in [3.63, 3.8) is 0 Å². The van der Waals surface area contributed by atoms with E-state index in [1.165, 1.54) is 5.56 Å². The van der Waals surface area contributed by atoms with Gasteiger partial charge in [-0.05, 0) is 36.2 Å². The molecule has 0 amide bonds. The highest BCUT2D eigenvalue weighted by Crippen LogP contribution is 2.22. The van der Waals surface area contributed by atoms with Crippen molar-refractivity contribution in [2.45, 2.75) is 6.42 Å². The fourth-order valence-electron chi connectivity index (χ4n) is 2.79. The Balaban J connectivity index is 1.62. The highest BCUT2D eigenvalue weighted by Gasteiger charge is 2.09. The number of pyridine rings is 2. The topological polar surface area (TPSA) is 63.6 Å². The average Bonchev–Trinajstić information content (AvgIpc) is 2.76. The van der Waals surface area contributed by atoms with Crippen molar-refractivity contribution in [3.8, 4) is 22.8 Å². The SMILES string of the molecule is c1ccc(CCNc2cc(-c3ccccn3)nc(-c3ccncc3)n2)cc1. The number of aromatic nitrogens is 4. The fraction of sp³-hybridized carbons (Fsp3) is 0.0909. The minimum Gasteiger partial charge on any atom is -0.370 e. The number of nitrogens with one attached hydrogen (secondary N) is 1. The lowest BCUT2D eigenvalue weighted by Crippen LogP contribution is -2.08. The Labute approximate surface area is 158 Å². The Bertz CT molecular complexity index is 931. The third-order valence-electron chi connectivity index (χ3n) is 4.15. The normalized spacial score (nSPS) is 10.5. The standard InChI is InChI=1S/C22H19N5/c1-2-6-17(7-3-1)9-15-25-21-16-20(19-8-4-5-12-24-19)26-22(27-21)18-10-13-23-14-11-18/h1-8,10-14,16H,9,15H2,(H,25,26,27). The van der Waals surface area contributed by atoms with Crippen LogP contribution >= 0.6 is 0 Å². The van der Waals surface area contributed by atoms with Crippen molar-refractivity contribution in [3.05, 3.63) is 90.9 Å². The molecular weight excluding hydrogens is 334 g/mol. The highest BCUT2D eigenvalue weighted by atomic mass is 15.0. The van der Waals surface area contributed by atoms with Crippen molar-refractivity contribution >= 4 is 5.82 Å². The molecule has 132 valence electrons. The van der Waals surface area contributed by atoms with E-state index in [1.54, 1.807) is 18.6 Å². The predicted octanol–water partition coefficient (Wildman–Crippen LogP) is 4.26. The van der Waals surface area contributed by atoms with Gasteiger partial charge in [0.1, 0.15) is 5.82 Å². The zero-order valence-electron chi connectivity index (χ0n) is 14.8. The third kappa shape index (κ3) is 4.33. The first-order chi connectivity index (χ1) is 13.4. The maximum atomic E-state index is 4.70. The summed E-state index contributed by atoms with van der Waals surface area (Å²) >= 11 is 0. The van der Waals surface area contributed by atoms with Gasteiger partial charge in [0.2, 0.25) is 0 Å². The first kappa shape index (κ1) is 16.8. The first-order valence-electron chi connectivity index (χ1n) is 8.87. The van der Waals surface area contributed by atoms with Gasteiger partial charge < -0.3 is 5.32 Å². The molecule has 0 atom stereocenters. The largest absolute Gasteiger partial charge is 0.370 e. The van der Waals surface area contributed by atoms with E-state index in [-0.39, 0.29) is 0 Å². The van der Waals surface area contributed by atoms with E-state index in [0.29, 0.717) is 5.82 Å². The van der Waals surface area contributed by atoms with Gasteiger partial charge in [-0.1, -0.05) is 36.4 Å². The number of anilines is 1. The predicted molar refractivity (Wildman–Crippen MR) is 107 cm³/mol. The number of nitrogens with zero attached hydrogens (tertiary/aromatic N) is 4. The van der Waals surface area contributed by atoms with Crippen LogP contribution in [0, 0.1) is 0 Å². The lowest BCUT2D eigenvalue weighted by molar-refractivity contribution is 1.00. The summed E-state index contributed by atoms with van der Waals surface area (Å²) in [5.74, 6) is 1.44. The molecule has 0 bridgehead atoms. The van der Waals surface area contributed by atoms with Gasteiger partial charge in [0.05, 0.1) is 11.4 Å². The van der Waals surface area contributed by atoms with Crippen LogP contribution in [0.4, 0.5) is 5.82 Å². The van der Waals surface area contributed by atoms with E-state index in [4.69, 9.17) is 4.98 Å². The molecule has 0 saturated carbocycles. The molecule has 1 aromatic carbocycles. The monoisotopic (exact) mass is 353 g/mol. The van der Waals surface area contributed by atoms with Gasteiger partial charge in [-0.2, -0.15) is 0 Å². The maximum absolute atomic E-state index is 4.70. The number of rotatable bonds is 6. The van der Waals surface area contributed by atoms with Crippen LogP contribution in [0.2, 0.25) is 0 Å². The lowest BCUT2D eigenvalue weighted by Gasteiger charge is -2.10. The van der Waals surface area contributed by atoms with Crippen molar-refractivity contribution in [2.75, 3.05) is 11.9 Å². The molecule has 0 fully saturated rings. The molecule has 0 unspecified atom stereocenters. The second kappa shape index (κ2) is 8.19. The van der Waals surface area contributed by atoms with Gasteiger partial charge in [0.15, 0.2) is 5.82 Å². The van der Waals surface area contributed by atoms with Crippen LogP contribution in [0.25, 0.3) is 22.8 Å². The molecule has 27 heavy (non-hydrogen) atoms. The number of hydrogen-bond donors (Lipinski definition) is 1. The molecule has 5 heteroatoms. The Hall–Kier alpha value is -3.60. The molecule has 5 nitrogen and oxygen atoms in total. The average molecular weight is 353 g/mol. The summed E-state index contributed by atoms with van der Waals surface area (Å²) in [7, 11) is 0. The van der Waals surface area contributed by atoms with Crippen LogP contribution < -0.4 is 5.32 Å². The number of benzene rings is 1. The Morgan fingerprint density at radius 3 is 2.33 bits per heavy atom. The van der Waals surface area contributed by atoms with Gasteiger partial charge in [0, 0.05) is 36.8 Å². The van der Waals surface area contributed by atoms with Crippen molar-refractivity contribution in [1.29, 1.82) is 0 Å². The summed E-state index contributed by atoms with van der Waals surface area (Å²) in [5, 5.41) is 3.42. The van der Waals surface area contributed by atoms with E-state index in [9.17, 15) is 0 Å². The van der Waals surface area contributed by atoms with Gasteiger partial charge in [-0.3, -0.25) is 9.97 Å². The quantitative estimate of drug-likeness (QED) is 0.561. The molecule has 1 N–H and O–H groups in total. The highest BCUT2D eigenvalue weighted by molar-refractivity contribution is 5.65. The molecule has 0 spiro atoms. The Morgan fingerprint density at radius 1 is 0.741 bits per heavy atom. The molecule has 0 aliphatic rings. The molecule has 0 saturated heterocycles. The number of hydrogen-bond acceptors (Lipinski definition) is 5. The van der Waals surface area contributed by atoms with Crippen LogP contribution in [0.15, 0.2) is 85.3 Å².